The molecule has 0 saturated carbocycles. The van der Waals surface area contributed by atoms with Crippen LogP contribution in [0.25, 0.3) is 0 Å². The van der Waals surface area contributed by atoms with Gasteiger partial charge in [-0.1, -0.05) is 0 Å². The van der Waals surface area contributed by atoms with E-state index in [0.29, 0.717) is 12.4 Å². The van der Waals surface area contributed by atoms with Crippen LogP contribution in [-0.2, 0) is 0 Å². The second kappa shape index (κ2) is 7.33. The summed E-state index contributed by atoms with van der Waals surface area (Å²) in [5.41, 5.74) is 0. The Morgan fingerprint density at radius 2 is 1.95 bits per heavy atom. The van der Waals surface area contributed by atoms with Crippen LogP contribution >= 0.6 is 15.9 Å². The molecule has 1 aliphatic heterocycles. The number of ether oxygens (including phenoxy) is 2. The highest BCUT2D eigenvalue weighted by Gasteiger charge is 2.32. The maximum absolute atomic E-state index is 12.1. The minimum Gasteiger partial charge on any atom is -0.492 e. The Balaban J connectivity index is 1.82. The quantitative estimate of drug-likeness (QED) is 0.866. The van der Waals surface area contributed by atoms with E-state index in [1.165, 1.54) is 18.2 Å². The first-order valence-corrected chi connectivity index (χ1v) is 7.34. The maximum atomic E-state index is 12.1. The molecule has 118 valence electrons. The lowest BCUT2D eigenvalue weighted by molar-refractivity contribution is -0.274. The molecule has 8 heteroatoms. The van der Waals surface area contributed by atoms with Crippen LogP contribution in [0.1, 0.15) is 0 Å². The smallest absolute Gasteiger partial charge is 0.492 e. The Morgan fingerprint density at radius 1 is 1.24 bits per heavy atom. The summed E-state index contributed by atoms with van der Waals surface area (Å²) in [6.07, 6.45) is -4.70. The fourth-order valence-electron chi connectivity index (χ4n) is 2.01. The van der Waals surface area contributed by atoms with Gasteiger partial charge in [0.2, 0.25) is 0 Å². The van der Waals surface area contributed by atoms with Gasteiger partial charge in [-0.2, -0.15) is 0 Å². The molecule has 2 rings (SSSR count). The first-order chi connectivity index (χ1) is 9.94. The number of nitrogens with one attached hydrogen (secondary N) is 1. The molecule has 0 spiro atoms. The molecule has 0 radical (unpaired) electrons. The van der Waals surface area contributed by atoms with Crippen molar-refractivity contribution in [2.75, 3.05) is 39.3 Å². The lowest BCUT2D eigenvalue weighted by atomic mass is 10.3. The fourth-order valence-corrected chi connectivity index (χ4v) is 2.44. The molecular formula is C13H16BrF3N2O2. The molecule has 1 heterocycles. The molecule has 0 atom stereocenters. The van der Waals surface area contributed by atoms with Gasteiger partial charge in [0, 0.05) is 32.7 Å². The van der Waals surface area contributed by atoms with Gasteiger partial charge in [-0.25, -0.2) is 0 Å². The molecular weight excluding hydrogens is 353 g/mol. The number of alkyl halides is 3. The van der Waals surface area contributed by atoms with Crippen LogP contribution in [0.2, 0.25) is 0 Å². The predicted octanol–water partition coefficient (Wildman–Crippen LogP) is 2.63. The van der Waals surface area contributed by atoms with E-state index in [2.05, 4.69) is 30.9 Å². The van der Waals surface area contributed by atoms with Gasteiger partial charge in [0.1, 0.15) is 18.1 Å². The first-order valence-electron chi connectivity index (χ1n) is 6.55. The summed E-state index contributed by atoms with van der Waals surface area (Å²) < 4.78 is 46.1. The molecule has 0 aromatic heterocycles. The lowest BCUT2D eigenvalue weighted by Gasteiger charge is -2.26. The number of nitrogens with zero attached hydrogens (tertiary/aromatic N) is 1. The second-order valence-corrected chi connectivity index (χ2v) is 5.43. The van der Waals surface area contributed by atoms with E-state index in [4.69, 9.17) is 4.74 Å². The first kappa shape index (κ1) is 16.4. The highest BCUT2D eigenvalue weighted by Crippen LogP contribution is 2.33. The van der Waals surface area contributed by atoms with Crippen LogP contribution < -0.4 is 14.8 Å². The molecule has 0 unspecified atom stereocenters. The summed E-state index contributed by atoms with van der Waals surface area (Å²) in [6.45, 7) is 5.17. The van der Waals surface area contributed by atoms with Crippen LogP contribution in [0.3, 0.4) is 0 Å². The molecule has 1 saturated heterocycles. The maximum Gasteiger partial charge on any atom is 0.573 e. The van der Waals surface area contributed by atoms with Gasteiger partial charge in [0.05, 0.1) is 4.47 Å². The molecule has 1 aromatic rings. The monoisotopic (exact) mass is 368 g/mol. The number of piperazine rings is 1. The van der Waals surface area contributed by atoms with E-state index in [9.17, 15) is 13.2 Å². The molecule has 21 heavy (non-hydrogen) atoms. The van der Waals surface area contributed by atoms with Crippen LogP contribution in [0, 0.1) is 0 Å². The number of rotatable bonds is 5. The van der Waals surface area contributed by atoms with Crippen LogP contribution in [0.4, 0.5) is 13.2 Å². The highest BCUT2D eigenvalue weighted by molar-refractivity contribution is 9.10. The van der Waals surface area contributed by atoms with Crippen molar-refractivity contribution in [2.24, 2.45) is 0 Å². The molecule has 1 fully saturated rings. The van der Waals surface area contributed by atoms with E-state index >= 15 is 0 Å². The van der Waals surface area contributed by atoms with Crippen LogP contribution in [0.15, 0.2) is 22.7 Å². The van der Waals surface area contributed by atoms with Gasteiger partial charge < -0.3 is 14.8 Å². The van der Waals surface area contributed by atoms with Gasteiger partial charge in [-0.15, -0.1) is 13.2 Å². The number of hydrogen-bond acceptors (Lipinski definition) is 4. The fraction of sp³-hybridized carbons (Fsp3) is 0.538. The SMILES string of the molecule is FC(F)(F)Oc1ccc(OCCN2CCNCC2)cc1Br. The molecule has 0 aliphatic carbocycles. The minimum atomic E-state index is -4.70. The molecule has 1 aliphatic rings. The lowest BCUT2D eigenvalue weighted by Crippen LogP contribution is -2.44. The summed E-state index contributed by atoms with van der Waals surface area (Å²) in [5, 5.41) is 3.26. The third-order valence-electron chi connectivity index (χ3n) is 3.01. The normalized spacial score (nSPS) is 16.8. The molecule has 0 amide bonds. The van der Waals surface area contributed by atoms with Crippen molar-refractivity contribution in [1.82, 2.24) is 10.2 Å². The summed E-state index contributed by atoms with van der Waals surface area (Å²) in [7, 11) is 0. The Morgan fingerprint density at radius 3 is 2.57 bits per heavy atom. The van der Waals surface area contributed by atoms with Gasteiger partial charge in [0.15, 0.2) is 0 Å². The minimum absolute atomic E-state index is 0.208. The van der Waals surface area contributed by atoms with E-state index in [-0.39, 0.29) is 10.2 Å². The average molecular weight is 369 g/mol. The van der Waals surface area contributed by atoms with Crippen molar-refractivity contribution in [3.05, 3.63) is 22.7 Å². The third kappa shape index (κ3) is 5.72. The van der Waals surface area contributed by atoms with E-state index in [1.807, 2.05) is 0 Å². The topological polar surface area (TPSA) is 33.7 Å². The zero-order chi connectivity index (χ0) is 15.3. The number of hydrogen-bond donors (Lipinski definition) is 1. The van der Waals surface area contributed by atoms with E-state index < -0.39 is 6.36 Å². The average Bonchev–Trinajstić information content (AvgIpc) is 2.42. The van der Waals surface area contributed by atoms with Crippen molar-refractivity contribution < 1.29 is 22.6 Å². The van der Waals surface area contributed by atoms with Gasteiger partial charge >= 0.3 is 6.36 Å². The summed E-state index contributed by atoms with van der Waals surface area (Å²) in [5.74, 6) is 0.225. The van der Waals surface area contributed by atoms with Crippen molar-refractivity contribution in [3.63, 3.8) is 0 Å². The summed E-state index contributed by atoms with van der Waals surface area (Å²) in [6, 6.07) is 4.17. The van der Waals surface area contributed by atoms with E-state index in [0.717, 1.165) is 32.7 Å². The zero-order valence-electron chi connectivity index (χ0n) is 11.3. The van der Waals surface area contributed by atoms with Crippen molar-refractivity contribution in [3.8, 4) is 11.5 Å². The largest absolute Gasteiger partial charge is 0.573 e. The van der Waals surface area contributed by atoms with Gasteiger partial charge in [0.25, 0.3) is 0 Å². The second-order valence-electron chi connectivity index (χ2n) is 4.58. The molecule has 4 nitrogen and oxygen atoms in total. The molecule has 1 N–H and O–H groups in total. The molecule has 1 aromatic carbocycles. The van der Waals surface area contributed by atoms with Gasteiger partial charge in [-0.05, 0) is 34.1 Å². The van der Waals surface area contributed by atoms with Gasteiger partial charge in [-0.3, -0.25) is 4.90 Å². The number of benzene rings is 1. The Bertz CT molecular complexity index is 465. The Hall–Kier alpha value is -0.990. The molecule has 0 bridgehead atoms. The Kier molecular flexibility index (Phi) is 5.72. The van der Waals surface area contributed by atoms with E-state index in [1.54, 1.807) is 0 Å². The van der Waals surface area contributed by atoms with Crippen molar-refractivity contribution in [2.45, 2.75) is 6.36 Å². The van der Waals surface area contributed by atoms with Crippen molar-refractivity contribution in [1.29, 1.82) is 0 Å². The zero-order valence-corrected chi connectivity index (χ0v) is 12.8. The summed E-state index contributed by atoms with van der Waals surface area (Å²) in [4.78, 5) is 2.27. The Labute approximate surface area is 129 Å². The standard InChI is InChI=1S/C13H16BrF3N2O2/c14-11-9-10(1-2-12(11)21-13(15,16)17)20-8-7-19-5-3-18-4-6-19/h1-2,9,18H,3-8H2. The van der Waals surface area contributed by atoms with Crippen LogP contribution in [-0.4, -0.2) is 50.6 Å². The van der Waals surface area contributed by atoms with Crippen molar-refractivity contribution >= 4 is 15.9 Å². The summed E-state index contributed by atoms with van der Waals surface area (Å²) >= 11 is 3.04. The third-order valence-corrected chi connectivity index (χ3v) is 3.63. The predicted molar refractivity (Wildman–Crippen MR) is 75.6 cm³/mol. The number of halogens is 4. The highest BCUT2D eigenvalue weighted by atomic mass is 79.9. The van der Waals surface area contributed by atoms with Crippen LogP contribution in [0.5, 0.6) is 11.5 Å².